The molecule has 0 aromatic heterocycles. The number of rotatable bonds is 51. The van der Waals surface area contributed by atoms with Crippen LogP contribution in [0.5, 0.6) is 0 Å². The van der Waals surface area contributed by atoms with Gasteiger partial charge in [-0.2, -0.15) is 0 Å². The van der Waals surface area contributed by atoms with E-state index in [0.717, 1.165) is 56.2 Å². The third-order valence-corrected chi connectivity index (χ3v) is 14.5. The molecule has 0 bridgehead atoms. The van der Waals surface area contributed by atoms with Crippen LogP contribution in [0.3, 0.4) is 0 Å². The van der Waals surface area contributed by atoms with Gasteiger partial charge in [-0.3, -0.25) is 28.0 Å². The summed E-state index contributed by atoms with van der Waals surface area (Å²) in [6, 6.07) is -1.29. The molecule has 73 heavy (non-hydrogen) atoms. The van der Waals surface area contributed by atoms with E-state index in [-0.39, 0.29) is 31.4 Å². The molecule has 0 saturated carbocycles. The Kier molecular flexibility index (Phi) is 45.7. The molecule has 20 heteroatoms. The van der Waals surface area contributed by atoms with E-state index in [1.165, 1.54) is 109 Å². The second-order valence-electron chi connectivity index (χ2n) is 19.2. The lowest BCUT2D eigenvalue weighted by Gasteiger charge is -2.23. The summed E-state index contributed by atoms with van der Waals surface area (Å²) >= 11 is 1.14. The van der Waals surface area contributed by atoms with Crippen molar-refractivity contribution in [2.75, 3.05) is 32.2 Å². The van der Waals surface area contributed by atoms with Crippen molar-refractivity contribution in [1.82, 2.24) is 0 Å². The van der Waals surface area contributed by atoms with Gasteiger partial charge in [-0.1, -0.05) is 198 Å². The molecule has 8 N–H and O–H groups in total. The zero-order chi connectivity index (χ0) is 54.4. The highest BCUT2D eigenvalue weighted by molar-refractivity contribution is 8.00. The first kappa shape index (κ1) is 70.8. The summed E-state index contributed by atoms with van der Waals surface area (Å²) in [4.78, 5) is 65.0. The number of carbonyl (C=O) groups excluding carboxylic acids is 2. The van der Waals surface area contributed by atoms with Gasteiger partial charge in [0.15, 0.2) is 6.10 Å². The minimum atomic E-state index is -4.97. The molecule has 0 aliphatic rings. The van der Waals surface area contributed by atoms with Gasteiger partial charge in [0.2, 0.25) is 0 Å². The highest BCUT2D eigenvalue weighted by Crippen LogP contribution is 2.44. The minimum absolute atomic E-state index is 0.0688. The lowest BCUT2D eigenvalue weighted by Crippen LogP contribution is -2.40. The highest BCUT2D eigenvalue weighted by atomic mass is 32.2. The maximum atomic E-state index is 13.3. The predicted molar refractivity (Wildman–Crippen MR) is 291 cm³/mol. The van der Waals surface area contributed by atoms with E-state index in [0.29, 0.717) is 6.42 Å². The van der Waals surface area contributed by atoms with Crippen molar-refractivity contribution in [2.24, 2.45) is 11.7 Å². The molecule has 0 fully saturated rings. The number of phosphoric ester groups is 2. The first-order chi connectivity index (χ1) is 34.8. The monoisotopic (exact) mass is 1100 g/mol. The van der Waals surface area contributed by atoms with E-state index >= 15 is 0 Å². The quantitative estimate of drug-likeness (QED) is 0.00980. The molecule has 0 rings (SSSR count). The van der Waals surface area contributed by atoms with E-state index < -0.39 is 89.6 Å². The Balaban J connectivity index is 5.13. The number of carboxylic acids is 1. The molecule has 6 atom stereocenters. The zero-order valence-electron chi connectivity index (χ0n) is 44.6. The summed E-state index contributed by atoms with van der Waals surface area (Å²) in [5.74, 6) is -1.81. The molecular formula is C53H97NO16P2S. The fourth-order valence-corrected chi connectivity index (χ4v) is 9.65. The van der Waals surface area contributed by atoms with Gasteiger partial charge < -0.3 is 45.2 Å². The second kappa shape index (κ2) is 47.1. The number of aliphatic hydroxyl groups excluding tert-OH is 2. The highest BCUT2D eigenvalue weighted by Gasteiger charge is 2.30. The van der Waals surface area contributed by atoms with E-state index in [1.54, 1.807) is 18.2 Å². The van der Waals surface area contributed by atoms with Crippen LogP contribution >= 0.6 is 27.4 Å². The van der Waals surface area contributed by atoms with Crippen LogP contribution in [0.1, 0.15) is 201 Å². The molecule has 0 heterocycles. The van der Waals surface area contributed by atoms with Crippen LogP contribution in [0.25, 0.3) is 0 Å². The van der Waals surface area contributed by atoms with Crippen LogP contribution in [0.4, 0.5) is 0 Å². The fourth-order valence-electron chi connectivity index (χ4n) is 7.37. The maximum Gasteiger partial charge on any atom is 0.472 e. The van der Waals surface area contributed by atoms with Crippen molar-refractivity contribution in [3.8, 4) is 0 Å². The molecule has 0 amide bonds. The van der Waals surface area contributed by atoms with Crippen LogP contribution in [0.2, 0.25) is 0 Å². The van der Waals surface area contributed by atoms with Gasteiger partial charge in [-0.05, 0) is 44.4 Å². The molecule has 0 aromatic rings. The van der Waals surface area contributed by atoms with Gasteiger partial charge in [-0.25, -0.2) is 9.13 Å². The topological polar surface area (TPSA) is 279 Å². The van der Waals surface area contributed by atoms with Crippen molar-refractivity contribution in [2.45, 2.75) is 230 Å². The molecule has 0 saturated heterocycles. The largest absolute Gasteiger partial charge is 0.481 e. The number of unbranched alkanes of at least 4 members (excludes halogenated alkanes) is 20. The summed E-state index contributed by atoms with van der Waals surface area (Å²) in [5, 5.41) is 29.3. The summed E-state index contributed by atoms with van der Waals surface area (Å²) in [7, 11) is -9.91. The summed E-state index contributed by atoms with van der Waals surface area (Å²) < 4.78 is 48.2. The van der Waals surface area contributed by atoms with Crippen LogP contribution in [0.15, 0.2) is 48.6 Å². The standard InChI is InChI=1S/C53H97NO16P2S/c1-4-5-6-7-8-9-10-20-23-26-29-32-37-50(49(56)36-34-38-51(57)58)73-44-48(54)53(60)70-47(43-69-72(64,65)68-41-46(55)40-67-71(61,62)63)42-66-52(59)39-33-30-27-24-21-18-16-14-12-11-13-15-17-19-22-25-28-31-35-45(2)3/h8-9,20,23,26,29,32,37,45-50,55-56H,4-7,10-19,21-22,24-25,27-28,30-31,33-36,38-44,54H2,1-3H3,(H,57,58)(H,64,65)(H2,61,62,63)/b9-8-,23-20-,29-26+,37-32+/t46-,47+,48-,49-,50+/m0/s1. The van der Waals surface area contributed by atoms with Crippen LogP contribution in [-0.2, 0) is 46.6 Å². The molecule has 0 spiro atoms. The first-order valence-electron chi connectivity index (χ1n) is 27.1. The van der Waals surface area contributed by atoms with Crippen molar-refractivity contribution in [1.29, 1.82) is 0 Å². The van der Waals surface area contributed by atoms with Crippen molar-refractivity contribution < 1.29 is 76.6 Å². The molecule has 1 unspecified atom stereocenters. The van der Waals surface area contributed by atoms with E-state index in [4.69, 9.17) is 39.1 Å². The van der Waals surface area contributed by atoms with E-state index in [1.807, 2.05) is 18.2 Å². The van der Waals surface area contributed by atoms with Crippen molar-refractivity contribution in [3.05, 3.63) is 48.6 Å². The predicted octanol–water partition coefficient (Wildman–Crippen LogP) is 11.7. The number of nitrogens with two attached hydrogens (primary N) is 1. The summed E-state index contributed by atoms with van der Waals surface area (Å²) in [5.41, 5.74) is 6.21. The number of hydrogen-bond donors (Lipinski definition) is 7. The Hall–Kier alpha value is -2.18. The number of hydrogen-bond acceptors (Lipinski definition) is 14. The van der Waals surface area contributed by atoms with E-state index in [2.05, 4.69) is 37.4 Å². The molecule has 426 valence electrons. The summed E-state index contributed by atoms with van der Waals surface area (Å²) in [6.45, 7) is 3.54. The number of phosphoric acid groups is 2. The van der Waals surface area contributed by atoms with Crippen molar-refractivity contribution >= 4 is 45.3 Å². The van der Waals surface area contributed by atoms with Crippen LogP contribution in [-0.4, -0.2) is 110 Å². The Bertz CT molecular complexity index is 1610. The van der Waals surface area contributed by atoms with Gasteiger partial charge in [0.1, 0.15) is 18.8 Å². The molecule has 0 radical (unpaired) electrons. The molecule has 0 aromatic carbocycles. The minimum Gasteiger partial charge on any atom is -0.481 e. The SMILES string of the molecule is CCCCC/C=C\C\C=C/C=C/C=C/[C@@H](SC[C@H](N)C(=O)O[C@H](COC(=O)CCCCCCCCCCCCCCCCCCCCC(C)C)COP(=O)(O)OC[C@@H](O)COP(=O)(O)O)[C@@H](O)CCCC(=O)O. The van der Waals surface area contributed by atoms with Gasteiger partial charge in [0, 0.05) is 23.8 Å². The normalized spacial score (nSPS) is 15.4. The number of aliphatic hydroxyl groups is 2. The van der Waals surface area contributed by atoms with Gasteiger partial charge in [0.05, 0.1) is 25.9 Å². The van der Waals surface area contributed by atoms with Gasteiger partial charge in [-0.15, -0.1) is 11.8 Å². The summed E-state index contributed by atoms with van der Waals surface area (Å²) in [6.07, 6.45) is 40.0. The first-order valence-corrected chi connectivity index (χ1v) is 31.2. The van der Waals surface area contributed by atoms with Crippen LogP contribution < -0.4 is 5.73 Å². The number of allylic oxidation sites excluding steroid dienone is 7. The number of ether oxygens (including phenoxy) is 2. The second-order valence-corrected chi connectivity index (χ2v) is 23.1. The Morgan fingerprint density at radius 1 is 0.616 bits per heavy atom. The number of carbonyl (C=O) groups is 3. The maximum absolute atomic E-state index is 13.3. The molecule has 0 aliphatic heterocycles. The van der Waals surface area contributed by atoms with Crippen LogP contribution in [0, 0.1) is 5.92 Å². The Morgan fingerprint density at radius 3 is 1.73 bits per heavy atom. The van der Waals surface area contributed by atoms with Gasteiger partial charge >= 0.3 is 33.6 Å². The Labute approximate surface area is 442 Å². The lowest BCUT2D eigenvalue weighted by molar-refractivity contribution is -0.161. The number of aliphatic carboxylic acids is 1. The average Bonchev–Trinajstić information content (AvgIpc) is 3.33. The van der Waals surface area contributed by atoms with Gasteiger partial charge in [0.25, 0.3) is 0 Å². The molecular weight excluding hydrogens is 1000 g/mol. The zero-order valence-corrected chi connectivity index (χ0v) is 47.2. The number of thioether (sulfide) groups is 1. The van der Waals surface area contributed by atoms with Crippen molar-refractivity contribution in [3.63, 3.8) is 0 Å². The average molecular weight is 1100 g/mol. The molecule has 17 nitrogen and oxygen atoms in total. The number of esters is 2. The fraction of sp³-hybridized carbons (Fsp3) is 0.792. The van der Waals surface area contributed by atoms with E-state index in [9.17, 15) is 38.6 Å². The third-order valence-electron chi connectivity index (χ3n) is 11.6. The molecule has 0 aliphatic carbocycles. The third kappa shape index (κ3) is 49.2. The number of carboxylic acid groups (broad SMARTS) is 1. The Morgan fingerprint density at radius 2 is 1.16 bits per heavy atom. The smallest absolute Gasteiger partial charge is 0.472 e. The lowest BCUT2D eigenvalue weighted by atomic mass is 10.0.